The molecule has 1 aromatic heterocycles. The molecule has 0 atom stereocenters. The minimum absolute atomic E-state index is 0.0289. The molecule has 4 heteroatoms. The molecule has 0 radical (unpaired) electrons. The lowest BCUT2D eigenvalue weighted by Gasteiger charge is -2.18. The van der Waals surface area contributed by atoms with Gasteiger partial charge in [-0.05, 0) is 19.4 Å². The van der Waals surface area contributed by atoms with Crippen molar-refractivity contribution in [2.75, 3.05) is 19.6 Å². The quantitative estimate of drug-likeness (QED) is 0.944. The number of aromatic nitrogens is 2. The van der Waals surface area contributed by atoms with E-state index in [0.717, 1.165) is 49.3 Å². The molecule has 1 aliphatic rings. The van der Waals surface area contributed by atoms with Crippen LogP contribution < -0.4 is 5.56 Å². The van der Waals surface area contributed by atoms with Crippen LogP contribution in [0, 0.1) is 0 Å². The molecule has 0 bridgehead atoms. The first-order chi connectivity index (χ1) is 10.8. The summed E-state index contributed by atoms with van der Waals surface area (Å²) in [6.45, 7) is 5.29. The lowest BCUT2D eigenvalue weighted by atomic mass is 10.1. The molecule has 1 N–H and O–H groups in total. The van der Waals surface area contributed by atoms with Crippen molar-refractivity contribution >= 4 is 0 Å². The molecule has 1 aliphatic heterocycles. The molecule has 2 heterocycles. The van der Waals surface area contributed by atoms with Crippen LogP contribution in [-0.4, -0.2) is 34.5 Å². The van der Waals surface area contributed by atoms with E-state index < -0.39 is 0 Å². The van der Waals surface area contributed by atoms with Crippen molar-refractivity contribution in [1.29, 1.82) is 0 Å². The molecular formula is C18H23N3O. The number of rotatable bonds is 4. The monoisotopic (exact) mass is 297 g/mol. The number of fused-ring (bicyclic) bond motifs is 1. The third kappa shape index (κ3) is 3.28. The van der Waals surface area contributed by atoms with Gasteiger partial charge in [0.05, 0.1) is 5.69 Å². The van der Waals surface area contributed by atoms with Gasteiger partial charge < -0.3 is 9.88 Å². The average molecular weight is 297 g/mol. The largest absolute Gasteiger partial charge is 0.306 e. The van der Waals surface area contributed by atoms with Crippen molar-refractivity contribution in [2.24, 2.45) is 0 Å². The second-order valence-corrected chi connectivity index (χ2v) is 5.90. The summed E-state index contributed by atoms with van der Waals surface area (Å²) in [5, 5.41) is 0. The number of hydrogen-bond acceptors (Lipinski definition) is 3. The molecule has 0 fully saturated rings. The molecule has 0 saturated heterocycles. The van der Waals surface area contributed by atoms with Gasteiger partial charge in [-0.3, -0.25) is 4.79 Å². The van der Waals surface area contributed by atoms with Crippen molar-refractivity contribution < 1.29 is 0 Å². The Kier molecular flexibility index (Phi) is 4.68. The zero-order valence-electron chi connectivity index (χ0n) is 13.1. The molecule has 2 aromatic rings. The minimum Gasteiger partial charge on any atom is -0.306 e. The number of benzene rings is 1. The third-order valence-electron chi connectivity index (χ3n) is 4.32. The van der Waals surface area contributed by atoms with Gasteiger partial charge in [0.25, 0.3) is 5.56 Å². The van der Waals surface area contributed by atoms with Crippen LogP contribution >= 0.6 is 0 Å². The number of H-pyrrole nitrogens is 1. The summed E-state index contributed by atoms with van der Waals surface area (Å²) in [5.41, 5.74) is 2.84. The van der Waals surface area contributed by atoms with Crippen molar-refractivity contribution in [1.82, 2.24) is 14.9 Å². The van der Waals surface area contributed by atoms with Gasteiger partial charge in [0.1, 0.15) is 5.82 Å². The van der Waals surface area contributed by atoms with Crippen molar-refractivity contribution in [3.63, 3.8) is 0 Å². The van der Waals surface area contributed by atoms with Gasteiger partial charge in [-0.25, -0.2) is 4.98 Å². The third-order valence-corrected chi connectivity index (χ3v) is 4.32. The van der Waals surface area contributed by atoms with E-state index in [2.05, 4.69) is 16.8 Å². The normalized spacial score (nSPS) is 15.3. The van der Waals surface area contributed by atoms with E-state index in [1.165, 1.54) is 12.8 Å². The zero-order chi connectivity index (χ0) is 15.4. The molecule has 3 rings (SSSR count). The smallest absolute Gasteiger partial charge is 0.254 e. The van der Waals surface area contributed by atoms with Gasteiger partial charge in [0, 0.05) is 30.6 Å². The van der Waals surface area contributed by atoms with Crippen LogP contribution in [0.3, 0.4) is 0 Å². The van der Waals surface area contributed by atoms with E-state index in [9.17, 15) is 4.79 Å². The summed E-state index contributed by atoms with van der Waals surface area (Å²) in [5.74, 6) is 0.686. The van der Waals surface area contributed by atoms with E-state index in [-0.39, 0.29) is 5.56 Å². The Labute approximate surface area is 131 Å². The van der Waals surface area contributed by atoms with E-state index in [1.807, 2.05) is 30.3 Å². The van der Waals surface area contributed by atoms with Gasteiger partial charge in [0.15, 0.2) is 0 Å². The first kappa shape index (κ1) is 15.0. The van der Waals surface area contributed by atoms with Gasteiger partial charge >= 0.3 is 0 Å². The van der Waals surface area contributed by atoms with Crippen molar-refractivity contribution in [2.45, 2.75) is 32.6 Å². The highest BCUT2D eigenvalue weighted by Gasteiger charge is 2.18. The molecule has 22 heavy (non-hydrogen) atoms. The van der Waals surface area contributed by atoms with Crippen LogP contribution in [0.1, 0.15) is 31.0 Å². The number of hydrogen-bond donors (Lipinski definition) is 1. The molecule has 0 amide bonds. The molecule has 0 unspecified atom stereocenters. The van der Waals surface area contributed by atoms with Crippen LogP contribution in [0.15, 0.2) is 35.1 Å². The molecule has 1 aromatic carbocycles. The molecular weight excluding hydrogens is 274 g/mol. The predicted octanol–water partition coefficient (Wildman–Crippen LogP) is 2.64. The highest BCUT2D eigenvalue weighted by molar-refractivity contribution is 5.54. The van der Waals surface area contributed by atoms with Gasteiger partial charge in [-0.2, -0.15) is 0 Å². The fourth-order valence-corrected chi connectivity index (χ4v) is 2.99. The lowest BCUT2D eigenvalue weighted by molar-refractivity contribution is 0.282. The Hall–Kier alpha value is -1.94. The Balaban J connectivity index is 1.87. The van der Waals surface area contributed by atoms with Crippen molar-refractivity contribution in [3.8, 4) is 11.4 Å². The van der Waals surface area contributed by atoms with E-state index in [1.54, 1.807) is 0 Å². The maximum Gasteiger partial charge on any atom is 0.254 e. The van der Waals surface area contributed by atoms with Crippen LogP contribution in [0.2, 0.25) is 0 Å². The summed E-state index contributed by atoms with van der Waals surface area (Å²) in [6.07, 6.45) is 4.09. The van der Waals surface area contributed by atoms with Gasteiger partial charge in [-0.1, -0.05) is 43.7 Å². The van der Waals surface area contributed by atoms with E-state index >= 15 is 0 Å². The number of nitrogens with zero attached hydrogens (tertiary/aromatic N) is 2. The Morgan fingerprint density at radius 3 is 2.73 bits per heavy atom. The number of unbranched alkanes of at least 4 members (excludes halogenated alkanes) is 1. The van der Waals surface area contributed by atoms with Gasteiger partial charge in [-0.15, -0.1) is 0 Å². The highest BCUT2D eigenvalue weighted by atomic mass is 16.1. The van der Waals surface area contributed by atoms with Gasteiger partial charge in [0.2, 0.25) is 0 Å². The van der Waals surface area contributed by atoms with Crippen LogP contribution in [0.4, 0.5) is 0 Å². The first-order valence-corrected chi connectivity index (χ1v) is 8.17. The summed E-state index contributed by atoms with van der Waals surface area (Å²) in [4.78, 5) is 22.6. The van der Waals surface area contributed by atoms with Crippen LogP contribution in [0.25, 0.3) is 11.4 Å². The molecule has 0 spiro atoms. The second-order valence-electron chi connectivity index (χ2n) is 5.90. The van der Waals surface area contributed by atoms with E-state index in [4.69, 9.17) is 4.98 Å². The zero-order valence-corrected chi connectivity index (χ0v) is 13.1. The number of aromatic amines is 1. The fraction of sp³-hybridized carbons (Fsp3) is 0.444. The van der Waals surface area contributed by atoms with Crippen LogP contribution in [-0.2, 0) is 12.8 Å². The maximum absolute atomic E-state index is 12.4. The summed E-state index contributed by atoms with van der Waals surface area (Å²) < 4.78 is 0. The lowest BCUT2D eigenvalue weighted by Crippen LogP contribution is -2.27. The second kappa shape index (κ2) is 6.88. The summed E-state index contributed by atoms with van der Waals surface area (Å²) in [7, 11) is 0. The Morgan fingerprint density at radius 1 is 1.18 bits per heavy atom. The maximum atomic E-state index is 12.4. The molecule has 0 aliphatic carbocycles. The first-order valence-electron chi connectivity index (χ1n) is 8.17. The van der Waals surface area contributed by atoms with E-state index in [0.29, 0.717) is 5.82 Å². The SMILES string of the molecule is CCCCN1CCc2nc(-c3ccccc3)[nH]c(=O)c2CC1. The molecule has 0 saturated carbocycles. The standard InChI is InChI=1S/C18H23N3O/c1-2-3-11-21-12-9-15-16(10-13-21)19-17(20-18(15)22)14-7-5-4-6-8-14/h4-8H,2-3,9-13H2,1H3,(H,19,20,22). The Morgan fingerprint density at radius 2 is 1.95 bits per heavy atom. The highest BCUT2D eigenvalue weighted by Crippen LogP contribution is 2.17. The minimum atomic E-state index is 0.0289. The average Bonchev–Trinajstić information content (AvgIpc) is 2.76. The predicted molar refractivity (Wildman–Crippen MR) is 89.0 cm³/mol. The molecule has 4 nitrogen and oxygen atoms in total. The Bertz CT molecular complexity index is 678. The van der Waals surface area contributed by atoms with Crippen LogP contribution in [0.5, 0.6) is 0 Å². The summed E-state index contributed by atoms with van der Waals surface area (Å²) >= 11 is 0. The topological polar surface area (TPSA) is 49.0 Å². The van der Waals surface area contributed by atoms with Crippen molar-refractivity contribution in [3.05, 3.63) is 51.9 Å². The molecule has 116 valence electrons. The summed E-state index contributed by atoms with van der Waals surface area (Å²) in [6, 6.07) is 9.86. The fourth-order valence-electron chi connectivity index (χ4n) is 2.99. The number of nitrogens with one attached hydrogen (secondary N) is 1.